The molecule has 0 unspecified atom stereocenters. The Morgan fingerprint density at radius 1 is 0.758 bits per heavy atom. The number of carbonyl (C=O) groups excluding carboxylic acids is 2. The molecule has 0 aliphatic heterocycles. The summed E-state index contributed by atoms with van der Waals surface area (Å²) in [5.41, 5.74) is 0. The topological polar surface area (TPSA) is 117 Å². The molecule has 0 atom stereocenters. The van der Waals surface area contributed by atoms with Crippen LogP contribution in [0.15, 0.2) is 82.2 Å². The van der Waals surface area contributed by atoms with Gasteiger partial charge in [0, 0.05) is 0 Å². The molecule has 0 aliphatic rings. The van der Waals surface area contributed by atoms with Crippen molar-refractivity contribution in [2.24, 2.45) is 0 Å². The monoisotopic (exact) mass is 620 g/mol. The maximum Gasteiger partial charge on any atom is 0.0846 e. The molecule has 0 aromatic heterocycles. The van der Waals surface area contributed by atoms with E-state index in [1.807, 2.05) is 48.5 Å². The standard InChI is InChI=1S/2C6H5BrO.2C5H8O3.Ti/c2*7-5-1-3-6(8)4-2-5;2*1-2-8-4-3-5(6)7;/h2*1-4,8H;2*3-4H,2H2,1H3,(H,6,7);/q;;;;+4/p-4. The van der Waals surface area contributed by atoms with Gasteiger partial charge in [-0.3, -0.25) is 0 Å². The second-order valence-corrected chi connectivity index (χ2v) is 8.08. The van der Waals surface area contributed by atoms with Crippen LogP contribution in [0.2, 0.25) is 0 Å². The molecule has 2 aromatic rings. The molecule has 2 aromatic carbocycles. The first kappa shape index (κ1) is 30.7. The Labute approximate surface area is 219 Å². The van der Waals surface area contributed by atoms with E-state index in [-0.39, 0.29) is 0 Å². The van der Waals surface area contributed by atoms with Crippen LogP contribution in [0.25, 0.3) is 0 Å². The predicted octanol–water partition coefficient (Wildman–Crippen LogP) is 3.15. The third kappa shape index (κ3) is 20.1. The minimum atomic E-state index is -1.24. The van der Waals surface area contributed by atoms with Crippen molar-refractivity contribution in [2.75, 3.05) is 13.2 Å². The van der Waals surface area contributed by atoms with Crippen LogP contribution in [-0.4, -0.2) is 25.2 Å². The average molecular weight is 622 g/mol. The summed E-state index contributed by atoms with van der Waals surface area (Å²) in [5.74, 6) is -0.799. The molecule has 0 N–H and O–H groups in total. The molecule has 11 heteroatoms. The molecule has 0 aliphatic carbocycles. The van der Waals surface area contributed by atoms with E-state index in [2.05, 4.69) is 41.3 Å². The second kappa shape index (κ2) is 20.3. The molecule has 0 radical (unpaired) electrons. The Morgan fingerprint density at radius 2 is 1.09 bits per heavy atom. The van der Waals surface area contributed by atoms with Crippen molar-refractivity contribution in [3.63, 3.8) is 0 Å². The minimum absolute atomic E-state index is 0.476. The zero-order chi connectivity index (χ0) is 24.9. The summed E-state index contributed by atoms with van der Waals surface area (Å²) < 4.78 is 22.3. The molecule has 0 saturated heterocycles. The number of benzene rings is 2. The van der Waals surface area contributed by atoms with Gasteiger partial charge in [0.25, 0.3) is 0 Å². The van der Waals surface area contributed by atoms with Gasteiger partial charge in [-0.15, -0.1) is 0 Å². The smallest absolute Gasteiger partial charge is 0.0846 e. The summed E-state index contributed by atoms with van der Waals surface area (Å²) in [6.07, 6.45) is 3.86. The number of carbonyl (C=O) groups is 2. The molecule has 176 valence electrons. The van der Waals surface area contributed by atoms with Gasteiger partial charge in [0.1, 0.15) is 0 Å². The molecular formula is C22H22Br2O8Ti. The first-order valence-electron chi connectivity index (χ1n) is 9.36. The van der Waals surface area contributed by atoms with E-state index in [1.54, 1.807) is 13.8 Å². The normalized spacial score (nSPS) is 9.58. The van der Waals surface area contributed by atoms with Crippen molar-refractivity contribution in [1.82, 2.24) is 0 Å². The summed E-state index contributed by atoms with van der Waals surface area (Å²) >= 11 is 5.84. The number of ether oxygens (including phenoxy) is 2. The van der Waals surface area contributed by atoms with Gasteiger partial charge < -0.3 is 29.3 Å². The van der Waals surface area contributed by atoms with E-state index >= 15 is 0 Å². The Bertz CT molecular complexity index is 784. The molecule has 33 heavy (non-hydrogen) atoms. The van der Waals surface area contributed by atoms with Gasteiger partial charge in [0.05, 0.1) is 37.7 Å². The van der Waals surface area contributed by atoms with E-state index < -0.39 is 31.9 Å². The SMILES string of the molecule is Brc1ccc([O][Ti+2][O]c2ccc(Br)cc2)cc1.CCOC=CC(=O)[O-].CCOC=CC(=O)[O-]. The van der Waals surface area contributed by atoms with Crippen molar-refractivity contribution < 1.29 is 55.8 Å². The second-order valence-electron chi connectivity index (χ2n) is 5.35. The maximum atomic E-state index is 9.60. The van der Waals surface area contributed by atoms with Crippen LogP contribution < -0.4 is 16.8 Å². The van der Waals surface area contributed by atoms with Crippen LogP contribution in [0.3, 0.4) is 0 Å². The van der Waals surface area contributed by atoms with Crippen molar-refractivity contribution in [3.8, 4) is 11.5 Å². The maximum absolute atomic E-state index is 9.60. The van der Waals surface area contributed by atoms with Gasteiger partial charge in [-0.25, -0.2) is 0 Å². The van der Waals surface area contributed by atoms with Gasteiger partial charge in [-0.05, 0) is 26.0 Å². The van der Waals surface area contributed by atoms with Crippen LogP contribution in [0.5, 0.6) is 11.5 Å². The van der Waals surface area contributed by atoms with Crippen molar-refractivity contribution in [2.45, 2.75) is 13.8 Å². The summed E-state index contributed by atoms with van der Waals surface area (Å²) in [7, 11) is 0. The largest absolute Gasteiger partial charge is 0.545 e. The van der Waals surface area contributed by atoms with E-state index in [0.717, 1.165) is 45.1 Å². The number of hydrogen-bond donors (Lipinski definition) is 0. The van der Waals surface area contributed by atoms with Crippen LogP contribution in [0.1, 0.15) is 13.8 Å². The van der Waals surface area contributed by atoms with Gasteiger partial charge in [-0.1, -0.05) is 0 Å². The summed E-state index contributed by atoms with van der Waals surface area (Å²) in [6, 6.07) is 15.4. The molecule has 8 nitrogen and oxygen atoms in total. The fraction of sp³-hybridized carbons (Fsp3) is 0.182. The van der Waals surface area contributed by atoms with Crippen LogP contribution in [0.4, 0.5) is 0 Å². The van der Waals surface area contributed by atoms with Crippen LogP contribution in [0, 0.1) is 0 Å². The summed E-state index contributed by atoms with van der Waals surface area (Å²) in [6.45, 7) is 4.48. The Kier molecular flexibility index (Phi) is 19.0. The van der Waals surface area contributed by atoms with Crippen molar-refractivity contribution >= 4 is 43.8 Å². The van der Waals surface area contributed by atoms with Crippen molar-refractivity contribution in [3.05, 3.63) is 82.2 Å². The zero-order valence-corrected chi connectivity index (χ0v) is 22.6. The van der Waals surface area contributed by atoms with E-state index in [9.17, 15) is 19.8 Å². The van der Waals surface area contributed by atoms with Gasteiger partial charge in [-0.2, -0.15) is 0 Å². The number of halogens is 2. The molecule has 0 fully saturated rings. The molecule has 0 spiro atoms. The van der Waals surface area contributed by atoms with Gasteiger partial charge in [0.15, 0.2) is 0 Å². The number of carboxylic acids is 2. The number of rotatable bonds is 10. The number of aliphatic carboxylic acids is 2. The minimum Gasteiger partial charge on any atom is -0.545 e. The third-order valence-electron chi connectivity index (χ3n) is 2.88. The van der Waals surface area contributed by atoms with Gasteiger partial charge in [0.2, 0.25) is 0 Å². The Hall–Kier alpha value is -2.27. The molecule has 0 saturated carbocycles. The van der Waals surface area contributed by atoms with Crippen molar-refractivity contribution in [1.29, 1.82) is 0 Å². The zero-order valence-electron chi connectivity index (χ0n) is 17.9. The fourth-order valence-electron chi connectivity index (χ4n) is 1.52. The Morgan fingerprint density at radius 3 is 1.36 bits per heavy atom. The molecule has 2 rings (SSSR count). The molecular weight excluding hydrogens is 600 g/mol. The summed E-state index contributed by atoms with van der Waals surface area (Å²) in [5, 5.41) is 19.2. The van der Waals surface area contributed by atoms with Crippen LogP contribution in [-0.2, 0) is 39.0 Å². The van der Waals surface area contributed by atoms with E-state index in [1.165, 1.54) is 0 Å². The summed E-state index contributed by atoms with van der Waals surface area (Å²) in [4.78, 5) is 19.2. The first-order chi connectivity index (χ1) is 15.8. The van der Waals surface area contributed by atoms with Crippen LogP contribution >= 0.6 is 31.9 Å². The Balaban J connectivity index is 0.000000539. The number of carboxylic acid groups (broad SMARTS) is 2. The first-order valence-corrected chi connectivity index (χ1v) is 12.2. The van der Waals surface area contributed by atoms with Gasteiger partial charge >= 0.3 is 127 Å². The molecule has 0 amide bonds. The quantitative estimate of drug-likeness (QED) is 0.226. The molecule has 0 heterocycles. The third-order valence-corrected chi connectivity index (χ3v) is 4.93. The molecule has 0 bridgehead atoms. The fourth-order valence-corrected chi connectivity index (χ4v) is 2.84. The van der Waals surface area contributed by atoms with E-state index in [0.29, 0.717) is 13.2 Å². The average Bonchev–Trinajstić information content (AvgIpc) is 2.77. The predicted molar refractivity (Wildman–Crippen MR) is 121 cm³/mol. The number of hydrogen-bond acceptors (Lipinski definition) is 8. The van der Waals surface area contributed by atoms with E-state index in [4.69, 9.17) is 6.64 Å².